The van der Waals surface area contributed by atoms with Crippen LogP contribution in [0.4, 0.5) is 9.18 Å². The first-order chi connectivity index (χ1) is 12.5. The quantitative estimate of drug-likeness (QED) is 0.572. The van der Waals surface area contributed by atoms with E-state index in [1.54, 1.807) is 36.6 Å². The number of thioether (sulfide) groups is 1. The van der Waals surface area contributed by atoms with Gasteiger partial charge in [-0.25, -0.2) is 9.18 Å². The van der Waals surface area contributed by atoms with Crippen LogP contribution >= 0.6 is 11.8 Å². The number of nitrogens with zero attached hydrogens (tertiary/aromatic N) is 3. The highest BCUT2D eigenvalue weighted by molar-refractivity contribution is 8.00. The van der Waals surface area contributed by atoms with Crippen LogP contribution in [-0.2, 0) is 11.3 Å². The van der Waals surface area contributed by atoms with Crippen molar-refractivity contribution in [2.45, 2.75) is 30.8 Å². The maximum atomic E-state index is 13.1. The molecule has 0 aliphatic carbocycles. The van der Waals surface area contributed by atoms with Crippen molar-refractivity contribution in [3.8, 4) is 11.4 Å². The first-order valence-electron chi connectivity index (χ1n) is 8.01. The molecule has 2 N–H and O–H groups in total. The zero-order valence-corrected chi connectivity index (χ0v) is 15.3. The Hall–Kier alpha value is -2.68. The summed E-state index contributed by atoms with van der Waals surface area (Å²) >= 11 is 1.17. The molecule has 1 heterocycles. The molecule has 0 saturated carbocycles. The molecule has 1 aromatic heterocycles. The molecule has 2 rings (SSSR count). The van der Waals surface area contributed by atoms with Crippen LogP contribution in [0.15, 0.2) is 42.1 Å². The number of urea groups is 1. The molecule has 0 bridgehead atoms. The largest absolute Gasteiger partial charge is 0.338 e. The Labute approximate surface area is 155 Å². The second-order valence-corrected chi connectivity index (χ2v) is 6.63. The number of rotatable bonds is 7. The predicted molar refractivity (Wildman–Crippen MR) is 98.1 cm³/mol. The van der Waals surface area contributed by atoms with Gasteiger partial charge in [-0.2, -0.15) is 0 Å². The summed E-state index contributed by atoms with van der Waals surface area (Å²) in [5.41, 5.74) is 0.701. The van der Waals surface area contributed by atoms with Gasteiger partial charge in [0.25, 0.3) is 0 Å². The lowest BCUT2D eigenvalue weighted by atomic mass is 10.2. The molecule has 26 heavy (non-hydrogen) atoms. The Balaban J connectivity index is 2.18. The lowest BCUT2D eigenvalue weighted by Gasteiger charge is -2.12. The summed E-state index contributed by atoms with van der Waals surface area (Å²) in [5, 5.41) is 13.0. The van der Waals surface area contributed by atoms with Gasteiger partial charge in [0.15, 0.2) is 11.0 Å². The lowest BCUT2D eigenvalue weighted by molar-refractivity contribution is -0.119. The van der Waals surface area contributed by atoms with E-state index in [0.717, 1.165) is 0 Å². The van der Waals surface area contributed by atoms with Crippen LogP contribution in [0.25, 0.3) is 11.4 Å². The van der Waals surface area contributed by atoms with E-state index in [1.165, 1.54) is 23.9 Å². The van der Waals surface area contributed by atoms with Crippen LogP contribution in [0.5, 0.6) is 0 Å². The number of amides is 3. The molecule has 9 heteroatoms. The molecule has 7 nitrogen and oxygen atoms in total. The predicted octanol–water partition coefficient (Wildman–Crippen LogP) is 2.60. The minimum Gasteiger partial charge on any atom is -0.338 e. The number of nitrogens with one attached hydrogen (secondary N) is 2. The molecule has 0 radical (unpaired) electrons. The summed E-state index contributed by atoms with van der Waals surface area (Å²) in [6.07, 6.45) is 1.68. The molecule has 0 aliphatic rings. The number of hydrogen-bond acceptors (Lipinski definition) is 5. The van der Waals surface area contributed by atoms with Crippen molar-refractivity contribution < 1.29 is 14.0 Å². The van der Waals surface area contributed by atoms with E-state index >= 15 is 0 Å². The van der Waals surface area contributed by atoms with E-state index < -0.39 is 17.2 Å². The normalized spacial score (nSPS) is 11.7. The van der Waals surface area contributed by atoms with Crippen LogP contribution in [0, 0.1) is 5.82 Å². The molecule has 0 aliphatic heterocycles. The number of halogens is 1. The van der Waals surface area contributed by atoms with Crippen LogP contribution in [0.2, 0.25) is 0 Å². The van der Waals surface area contributed by atoms with Gasteiger partial charge in [0, 0.05) is 18.7 Å². The maximum Gasteiger partial charge on any atom is 0.321 e. The van der Waals surface area contributed by atoms with Gasteiger partial charge in [-0.05, 0) is 38.1 Å². The molecule has 138 valence electrons. The number of allylic oxidation sites excluding steroid dienone is 1. The summed E-state index contributed by atoms with van der Waals surface area (Å²) in [7, 11) is 0. The van der Waals surface area contributed by atoms with Crippen molar-refractivity contribution in [3.63, 3.8) is 0 Å². The van der Waals surface area contributed by atoms with Gasteiger partial charge in [0.2, 0.25) is 5.91 Å². The third-order valence-electron chi connectivity index (χ3n) is 3.36. The molecule has 0 spiro atoms. The van der Waals surface area contributed by atoms with Crippen LogP contribution in [0.1, 0.15) is 13.8 Å². The van der Waals surface area contributed by atoms with Crippen LogP contribution < -0.4 is 10.6 Å². The maximum absolute atomic E-state index is 13.1. The van der Waals surface area contributed by atoms with Crippen molar-refractivity contribution in [1.29, 1.82) is 0 Å². The fraction of sp³-hybridized carbons (Fsp3) is 0.294. The average Bonchev–Trinajstić information content (AvgIpc) is 2.98. The first kappa shape index (κ1) is 19.6. The summed E-state index contributed by atoms with van der Waals surface area (Å²) in [6, 6.07) is 5.37. The van der Waals surface area contributed by atoms with Crippen LogP contribution in [-0.4, -0.2) is 38.5 Å². The third kappa shape index (κ3) is 4.92. The van der Waals surface area contributed by atoms with Crippen LogP contribution in [0.3, 0.4) is 0 Å². The van der Waals surface area contributed by atoms with Gasteiger partial charge >= 0.3 is 6.03 Å². The second kappa shape index (κ2) is 9.14. The zero-order valence-electron chi connectivity index (χ0n) is 14.5. The summed E-state index contributed by atoms with van der Waals surface area (Å²) in [4.78, 5) is 23.6. The van der Waals surface area contributed by atoms with Crippen molar-refractivity contribution in [3.05, 3.63) is 42.7 Å². The molecule has 3 amide bonds. The fourth-order valence-corrected chi connectivity index (χ4v) is 2.97. The molecule has 1 atom stereocenters. The number of benzene rings is 1. The van der Waals surface area contributed by atoms with Gasteiger partial charge in [0.05, 0.1) is 5.25 Å². The highest BCUT2D eigenvalue weighted by Gasteiger charge is 2.21. The van der Waals surface area contributed by atoms with E-state index in [9.17, 15) is 14.0 Å². The first-order valence-corrected chi connectivity index (χ1v) is 8.89. The van der Waals surface area contributed by atoms with Crippen molar-refractivity contribution in [1.82, 2.24) is 25.4 Å². The number of hydrogen-bond donors (Lipinski definition) is 2. The SMILES string of the molecule is C=CCn1c(S[C@@H](C)C(=O)NC(=O)NCC)nnc1-c1ccc(F)cc1. The molecular weight excluding hydrogens is 357 g/mol. The highest BCUT2D eigenvalue weighted by Crippen LogP contribution is 2.27. The van der Waals surface area contributed by atoms with Gasteiger partial charge in [-0.15, -0.1) is 16.8 Å². The Morgan fingerprint density at radius 2 is 2.04 bits per heavy atom. The van der Waals surface area contributed by atoms with E-state index in [2.05, 4.69) is 27.4 Å². The second-order valence-electron chi connectivity index (χ2n) is 5.32. The van der Waals surface area contributed by atoms with E-state index in [1.807, 2.05) is 0 Å². The lowest BCUT2D eigenvalue weighted by Crippen LogP contribution is -2.42. The van der Waals surface area contributed by atoms with E-state index in [-0.39, 0.29) is 5.82 Å². The van der Waals surface area contributed by atoms with Crippen molar-refractivity contribution in [2.24, 2.45) is 0 Å². The number of carbonyl (C=O) groups excluding carboxylic acids is 2. The molecule has 0 saturated heterocycles. The molecule has 2 aromatic rings. The van der Waals surface area contributed by atoms with Gasteiger partial charge < -0.3 is 5.32 Å². The average molecular weight is 377 g/mol. The van der Waals surface area contributed by atoms with Gasteiger partial charge in [-0.3, -0.25) is 14.7 Å². The Morgan fingerprint density at radius 3 is 2.65 bits per heavy atom. The standard InChI is InChI=1S/C17H20FN5O2S/c1-4-10-23-14(12-6-8-13(18)9-7-12)21-22-17(23)26-11(3)15(24)20-16(25)19-5-2/h4,6-9,11H,1,5,10H2,2-3H3,(H2,19,20,24,25)/t11-/m0/s1. The zero-order chi connectivity index (χ0) is 19.1. The monoisotopic (exact) mass is 377 g/mol. The molecule has 0 fully saturated rings. The van der Waals surface area contributed by atoms with E-state index in [0.29, 0.717) is 29.6 Å². The smallest absolute Gasteiger partial charge is 0.321 e. The van der Waals surface area contributed by atoms with Crippen molar-refractivity contribution >= 4 is 23.7 Å². The minimum atomic E-state index is -0.563. The van der Waals surface area contributed by atoms with Crippen molar-refractivity contribution in [2.75, 3.05) is 6.54 Å². The van der Waals surface area contributed by atoms with Gasteiger partial charge in [-0.1, -0.05) is 17.8 Å². The number of aromatic nitrogens is 3. The topological polar surface area (TPSA) is 88.9 Å². The third-order valence-corrected chi connectivity index (χ3v) is 4.44. The molecule has 1 aromatic carbocycles. The Bertz CT molecular complexity index is 791. The highest BCUT2D eigenvalue weighted by atomic mass is 32.2. The van der Waals surface area contributed by atoms with Gasteiger partial charge in [0.1, 0.15) is 5.82 Å². The Morgan fingerprint density at radius 1 is 1.35 bits per heavy atom. The summed E-state index contributed by atoms with van der Waals surface area (Å²) in [6.45, 7) is 8.00. The summed E-state index contributed by atoms with van der Waals surface area (Å²) in [5.74, 6) is -0.227. The minimum absolute atomic E-state index is 0.339. The summed E-state index contributed by atoms with van der Waals surface area (Å²) < 4.78 is 14.9. The molecule has 0 unspecified atom stereocenters. The fourth-order valence-electron chi connectivity index (χ4n) is 2.11. The molecular formula is C17H20FN5O2S. The number of carbonyl (C=O) groups is 2. The Kier molecular flexibility index (Phi) is 6.90. The number of imide groups is 1. The van der Waals surface area contributed by atoms with E-state index in [4.69, 9.17) is 0 Å².